The molecule has 0 bridgehead atoms. The van der Waals surface area contributed by atoms with Crippen molar-refractivity contribution in [2.45, 2.75) is 25.8 Å². The van der Waals surface area contributed by atoms with Crippen molar-refractivity contribution in [3.8, 4) is 5.75 Å². The molecule has 0 saturated carbocycles. The fraction of sp³-hybridized carbons (Fsp3) is 0.250. The predicted molar refractivity (Wildman–Crippen MR) is 83.5 cm³/mol. The molecule has 3 nitrogen and oxygen atoms in total. The maximum atomic E-state index is 12.3. The third-order valence-electron chi connectivity index (χ3n) is 3.40. The summed E-state index contributed by atoms with van der Waals surface area (Å²) >= 11 is 0. The van der Waals surface area contributed by atoms with E-state index in [9.17, 15) is 21.6 Å². The number of halogens is 3. The Labute approximate surface area is 132 Å². The van der Waals surface area contributed by atoms with Crippen LogP contribution in [0.4, 0.5) is 13.2 Å². The first-order valence-corrected chi connectivity index (χ1v) is 8.29. The molecule has 0 aliphatic heterocycles. The van der Waals surface area contributed by atoms with Crippen molar-refractivity contribution in [1.29, 1.82) is 0 Å². The van der Waals surface area contributed by atoms with Gasteiger partial charge in [-0.2, -0.15) is 21.6 Å². The standard InChI is InChI=1S/C16H15F3O3S/c1-3-11(4-2)12-5-6-14-10-15(8-7-13(14)9-12)22-23(20,21)16(17,18)19/h3,5-10H,4H2,1-2H3. The van der Waals surface area contributed by atoms with E-state index < -0.39 is 15.6 Å². The number of hydrogen-bond acceptors (Lipinski definition) is 3. The Hall–Kier alpha value is -2.02. The molecule has 0 saturated heterocycles. The number of alkyl halides is 3. The molecule has 23 heavy (non-hydrogen) atoms. The van der Waals surface area contributed by atoms with Gasteiger partial charge in [-0.1, -0.05) is 31.2 Å². The maximum Gasteiger partial charge on any atom is 0.534 e. The van der Waals surface area contributed by atoms with Crippen LogP contribution >= 0.6 is 0 Å². The van der Waals surface area contributed by atoms with Gasteiger partial charge in [0.05, 0.1) is 0 Å². The summed E-state index contributed by atoms with van der Waals surface area (Å²) in [5.74, 6) is -0.371. The minimum Gasteiger partial charge on any atom is -0.376 e. The summed E-state index contributed by atoms with van der Waals surface area (Å²) in [6, 6.07) is 9.46. The van der Waals surface area contributed by atoms with E-state index in [0.717, 1.165) is 22.9 Å². The molecule has 0 atom stereocenters. The summed E-state index contributed by atoms with van der Waals surface area (Å²) in [5.41, 5.74) is -3.29. The Kier molecular flexibility index (Phi) is 4.70. The van der Waals surface area contributed by atoms with Crippen LogP contribution in [0, 0.1) is 0 Å². The highest BCUT2D eigenvalue weighted by molar-refractivity contribution is 7.88. The summed E-state index contributed by atoms with van der Waals surface area (Å²) < 4.78 is 63.2. The molecule has 0 N–H and O–H groups in total. The molecule has 7 heteroatoms. The molecule has 0 radical (unpaired) electrons. The van der Waals surface area contributed by atoms with Crippen molar-refractivity contribution in [2.75, 3.05) is 0 Å². The third kappa shape index (κ3) is 3.67. The van der Waals surface area contributed by atoms with E-state index in [-0.39, 0.29) is 5.75 Å². The number of fused-ring (bicyclic) bond motifs is 1. The van der Waals surface area contributed by atoms with Crippen LogP contribution in [0.25, 0.3) is 16.3 Å². The Morgan fingerprint density at radius 2 is 1.74 bits per heavy atom. The number of rotatable bonds is 4. The SMILES string of the molecule is CC=C(CC)c1ccc2cc(OS(=O)(=O)C(F)(F)F)ccc2c1. The van der Waals surface area contributed by atoms with Gasteiger partial charge >= 0.3 is 15.6 Å². The summed E-state index contributed by atoms with van der Waals surface area (Å²) in [6.07, 6.45) is 2.85. The van der Waals surface area contributed by atoms with Gasteiger partial charge in [0.2, 0.25) is 0 Å². The lowest BCUT2D eigenvalue weighted by Gasteiger charge is -2.11. The lowest BCUT2D eigenvalue weighted by atomic mass is 9.99. The molecule has 2 rings (SSSR count). The van der Waals surface area contributed by atoms with Crippen LogP contribution in [-0.4, -0.2) is 13.9 Å². The quantitative estimate of drug-likeness (QED) is 0.586. The van der Waals surface area contributed by atoms with Gasteiger partial charge in [0.1, 0.15) is 5.75 Å². The van der Waals surface area contributed by atoms with Gasteiger partial charge in [0.15, 0.2) is 0 Å². The smallest absolute Gasteiger partial charge is 0.376 e. The van der Waals surface area contributed by atoms with E-state index in [1.807, 2.05) is 32.1 Å². The Morgan fingerprint density at radius 1 is 1.13 bits per heavy atom. The van der Waals surface area contributed by atoms with Crippen molar-refractivity contribution in [1.82, 2.24) is 0 Å². The second kappa shape index (κ2) is 6.23. The molecule has 2 aromatic rings. The fourth-order valence-corrected chi connectivity index (χ4v) is 2.68. The average molecular weight is 344 g/mol. The van der Waals surface area contributed by atoms with E-state index in [1.165, 1.54) is 18.2 Å². The first-order valence-electron chi connectivity index (χ1n) is 6.88. The predicted octanol–water partition coefficient (Wildman–Crippen LogP) is 4.88. The normalized spacial score (nSPS) is 13.3. The number of benzene rings is 2. The Balaban J connectivity index is 2.40. The zero-order valence-electron chi connectivity index (χ0n) is 12.5. The first-order chi connectivity index (χ1) is 10.7. The number of allylic oxidation sites excluding steroid dienone is 2. The second-order valence-electron chi connectivity index (χ2n) is 4.87. The van der Waals surface area contributed by atoms with Crippen LogP contribution in [0.5, 0.6) is 5.75 Å². The molecular formula is C16H15F3O3S. The second-order valence-corrected chi connectivity index (χ2v) is 6.41. The van der Waals surface area contributed by atoms with Crippen LogP contribution < -0.4 is 4.18 Å². The van der Waals surface area contributed by atoms with Crippen molar-refractivity contribution in [3.05, 3.63) is 48.0 Å². The molecule has 0 amide bonds. The van der Waals surface area contributed by atoms with Gasteiger partial charge in [-0.15, -0.1) is 0 Å². The van der Waals surface area contributed by atoms with Crippen LogP contribution in [0.1, 0.15) is 25.8 Å². The summed E-state index contributed by atoms with van der Waals surface area (Å²) in [5, 5.41) is 1.38. The molecule has 0 unspecified atom stereocenters. The lowest BCUT2D eigenvalue weighted by molar-refractivity contribution is -0.0500. The average Bonchev–Trinajstić information content (AvgIpc) is 2.47. The number of hydrogen-bond donors (Lipinski definition) is 0. The van der Waals surface area contributed by atoms with Crippen molar-refractivity contribution in [2.24, 2.45) is 0 Å². The van der Waals surface area contributed by atoms with Crippen LogP contribution in [0.15, 0.2) is 42.5 Å². The van der Waals surface area contributed by atoms with E-state index in [2.05, 4.69) is 4.18 Å². The first kappa shape index (κ1) is 17.3. The van der Waals surface area contributed by atoms with Crippen molar-refractivity contribution in [3.63, 3.8) is 0 Å². The van der Waals surface area contributed by atoms with Crippen LogP contribution in [0.2, 0.25) is 0 Å². The molecular weight excluding hydrogens is 329 g/mol. The molecule has 124 valence electrons. The molecule has 0 aliphatic rings. The Morgan fingerprint density at radius 3 is 2.30 bits per heavy atom. The molecule has 0 aliphatic carbocycles. The van der Waals surface area contributed by atoms with Crippen LogP contribution in [-0.2, 0) is 10.1 Å². The highest BCUT2D eigenvalue weighted by Gasteiger charge is 2.48. The molecule has 2 aromatic carbocycles. The van der Waals surface area contributed by atoms with Gasteiger partial charge < -0.3 is 4.18 Å². The lowest BCUT2D eigenvalue weighted by Crippen LogP contribution is -2.28. The molecule has 0 aromatic heterocycles. The Bertz CT molecular complexity index is 852. The molecule has 0 fully saturated rings. The highest BCUT2D eigenvalue weighted by atomic mass is 32.2. The van der Waals surface area contributed by atoms with E-state index >= 15 is 0 Å². The van der Waals surface area contributed by atoms with Gasteiger partial charge in [0, 0.05) is 0 Å². The zero-order chi connectivity index (χ0) is 17.3. The molecule has 0 spiro atoms. The van der Waals surface area contributed by atoms with Gasteiger partial charge in [-0.3, -0.25) is 0 Å². The zero-order valence-corrected chi connectivity index (χ0v) is 13.3. The monoisotopic (exact) mass is 344 g/mol. The third-order valence-corrected chi connectivity index (χ3v) is 4.38. The fourth-order valence-electron chi connectivity index (χ4n) is 2.22. The van der Waals surface area contributed by atoms with Gasteiger partial charge in [-0.05, 0) is 53.5 Å². The van der Waals surface area contributed by atoms with Gasteiger partial charge in [0.25, 0.3) is 0 Å². The largest absolute Gasteiger partial charge is 0.534 e. The summed E-state index contributed by atoms with van der Waals surface area (Å²) in [4.78, 5) is 0. The topological polar surface area (TPSA) is 43.4 Å². The van der Waals surface area contributed by atoms with Gasteiger partial charge in [-0.25, -0.2) is 0 Å². The summed E-state index contributed by atoms with van der Waals surface area (Å²) in [7, 11) is -5.66. The molecule has 0 heterocycles. The van der Waals surface area contributed by atoms with Crippen LogP contribution in [0.3, 0.4) is 0 Å². The summed E-state index contributed by atoms with van der Waals surface area (Å²) in [6.45, 7) is 3.96. The highest BCUT2D eigenvalue weighted by Crippen LogP contribution is 2.30. The van der Waals surface area contributed by atoms with Crippen molar-refractivity contribution < 1.29 is 25.8 Å². The minimum absolute atomic E-state index is 0.371. The van der Waals surface area contributed by atoms with Crippen molar-refractivity contribution >= 4 is 26.5 Å². The van der Waals surface area contributed by atoms with E-state index in [4.69, 9.17) is 0 Å². The minimum atomic E-state index is -5.66. The maximum absolute atomic E-state index is 12.3. The van der Waals surface area contributed by atoms with E-state index in [1.54, 1.807) is 6.07 Å². The van der Waals surface area contributed by atoms with E-state index in [0.29, 0.717) is 5.39 Å².